The van der Waals surface area contributed by atoms with Gasteiger partial charge in [0.25, 0.3) is 5.69 Å². The highest BCUT2D eigenvalue weighted by Crippen LogP contribution is 2.35. The highest BCUT2D eigenvalue weighted by atomic mass is 19.1. The van der Waals surface area contributed by atoms with E-state index in [0.29, 0.717) is 33.9 Å². The van der Waals surface area contributed by atoms with E-state index in [2.05, 4.69) is 9.97 Å². The van der Waals surface area contributed by atoms with E-state index in [4.69, 9.17) is 0 Å². The fraction of sp³-hybridized carbons (Fsp3) is 0. The molecule has 0 saturated heterocycles. The van der Waals surface area contributed by atoms with Crippen LogP contribution in [0.3, 0.4) is 0 Å². The van der Waals surface area contributed by atoms with Gasteiger partial charge in [-0.1, -0.05) is 12.1 Å². The van der Waals surface area contributed by atoms with Crippen molar-refractivity contribution in [3.05, 3.63) is 94.5 Å². The Morgan fingerprint density at radius 1 is 0.821 bits per heavy atom. The molecule has 1 N–H and O–H groups in total. The lowest BCUT2D eigenvalue weighted by atomic mass is 10.1. The number of aromatic nitrogens is 2. The first-order valence-corrected chi connectivity index (χ1v) is 8.38. The summed E-state index contributed by atoms with van der Waals surface area (Å²) in [5, 5.41) is 11.4. The van der Waals surface area contributed by atoms with Gasteiger partial charge < -0.3 is 4.98 Å². The van der Waals surface area contributed by atoms with Gasteiger partial charge >= 0.3 is 0 Å². The molecule has 0 aliphatic heterocycles. The monoisotopic (exact) mass is 377 g/mol. The number of benzene rings is 3. The maximum Gasteiger partial charge on any atom is 0.280 e. The molecule has 0 fully saturated rings. The largest absolute Gasteiger partial charge is 0.337 e. The fourth-order valence-corrected chi connectivity index (χ4v) is 2.98. The average Bonchev–Trinajstić information content (AvgIpc) is 3.14. The normalized spacial score (nSPS) is 10.8. The summed E-state index contributed by atoms with van der Waals surface area (Å²) >= 11 is 0. The number of hydrogen-bond donors (Lipinski definition) is 1. The smallest absolute Gasteiger partial charge is 0.280 e. The van der Waals surface area contributed by atoms with Crippen LogP contribution in [0.4, 0.5) is 14.5 Å². The van der Waals surface area contributed by atoms with Gasteiger partial charge in [0.05, 0.1) is 21.9 Å². The summed E-state index contributed by atoms with van der Waals surface area (Å²) in [5.74, 6) is -0.474. The molecular weight excluding hydrogens is 364 g/mol. The Kier molecular flexibility index (Phi) is 4.41. The second kappa shape index (κ2) is 7.03. The quantitative estimate of drug-likeness (QED) is 0.372. The molecule has 0 unspecified atom stereocenters. The summed E-state index contributed by atoms with van der Waals surface area (Å²) in [4.78, 5) is 18.6. The first-order chi connectivity index (χ1) is 13.5. The number of rotatable bonds is 4. The number of H-pyrrole nitrogens is 1. The third kappa shape index (κ3) is 3.25. The Labute approximate surface area is 158 Å². The first kappa shape index (κ1) is 17.5. The van der Waals surface area contributed by atoms with E-state index in [1.165, 1.54) is 30.3 Å². The second-order valence-electron chi connectivity index (χ2n) is 6.10. The van der Waals surface area contributed by atoms with E-state index in [-0.39, 0.29) is 17.3 Å². The van der Waals surface area contributed by atoms with Crippen molar-refractivity contribution in [3.8, 4) is 33.9 Å². The third-order valence-corrected chi connectivity index (χ3v) is 4.31. The minimum atomic E-state index is -0.479. The van der Waals surface area contributed by atoms with Crippen LogP contribution in [-0.4, -0.2) is 14.9 Å². The van der Waals surface area contributed by atoms with Gasteiger partial charge in [-0.05, 0) is 54.6 Å². The number of nitrogens with one attached hydrogen (secondary N) is 1. The number of para-hydroxylation sites is 1. The summed E-state index contributed by atoms with van der Waals surface area (Å²) in [7, 11) is 0. The highest BCUT2D eigenvalue weighted by molar-refractivity contribution is 5.82. The number of nitrogens with zero attached hydrogens (tertiary/aromatic N) is 2. The molecular formula is C21H13F2N3O2. The lowest BCUT2D eigenvalue weighted by molar-refractivity contribution is -0.384. The second-order valence-corrected chi connectivity index (χ2v) is 6.10. The SMILES string of the molecule is O=[N+]([O-])c1ccccc1-c1nc(-c2ccc(F)cc2)c(-c2ccc(F)cc2)[nH]1. The Balaban J connectivity index is 1.93. The van der Waals surface area contributed by atoms with Crippen LogP contribution in [0.2, 0.25) is 0 Å². The van der Waals surface area contributed by atoms with Crippen molar-refractivity contribution in [3.63, 3.8) is 0 Å². The van der Waals surface area contributed by atoms with Gasteiger partial charge in [0.1, 0.15) is 17.5 Å². The van der Waals surface area contributed by atoms with Crippen LogP contribution in [0.15, 0.2) is 72.8 Å². The standard InChI is InChI=1S/C21H13F2N3O2/c22-15-9-5-13(6-10-15)19-20(14-7-11-16(23)12-8-14)25-21(24-19)17-3-1-2-4-18(17)26(27)28/h1-12H,(H,24,25). The molecule has 0 radical (unpaired) electrons. The van der Waals surface area contributed by atoms with Crippen molar-refractivity contribution in [2.24, 2.45) is 0 Å². The van der Waals surface area contributed by atoms with Crippen molar-refractivity contribution < 1.29 is 13.7 Å². The zero-order valence-corrected chi connectivity index (χ0v) is 14.4. The summed E-state index contributed by atoms with van der Waals surface area (Å²) in [5.41, 5.74) is 2.55. The van der Waals surface area contributed by atoms with Crippen LogP contribution in [0, 0.1) is 21.7 Å². The van der Waals surface area contributed by atoms with Crippen LogP contribution in [0.5, 0.6) is 0 Å². The third-order valence-electron chi connectivity index (χ3n) is 4.31. The van der Waals surface area contributed by atoms with E-state index in [1.54, 1.807) is 42.5 Å². The maximum atomic E-state index is 13.3. The number of imidazole rings is 1. The molecule has 4 rings (SSSR count). The van der Waals surface area contributed by atoms with Gasteiger partial charge in [-0.15, -0.1) is 0 Å². The van der Waals surface area contributed by atoms with Gasteiger partial charge in [-0.25, -0.2) is 13.8 Å². The predicted molar refractivity (Wildman–Crippen MR) is 101 cm³/mol. The lowest BCUT2D eigenvalue weighted by Crippen LogP contribution is -1.92. The number of nitro groups is 1. The number of halogens is 2. The van der Waals surface area contributed by atoms with Crippen molar-refractivity contribution in [2.45, 2.75) is 0 Å². The minimum Gasteiger partial charge on any atom is -0.337 e. The Bertz CT molecular complexity index is 1090. The molecule has 28 heavy (non-hydrogen) atoms. The van der Waals surface area contributed by atoms with Crippen molar-refractivity contribution in [1.82, 2.24) is 9.97 Å². The molecule has 1 aromatic heterocycles. The molecule has 4 aromatic rings. The maximum absolute atomic E-state index is 13.3. The Morgan fingerprint density at radius 3 is 2.00 bits per heavy atom. The topological polar surface area (TPSA) is 71.8 Å². The Morgan fingerprint density at radius 2 is 1.39 bits per heavy atom. The summed E-state index contributed by atoms with van der Waals surface area (Å²) in [6, 6.07) is 17.8. The molecule has 138 valence electrons. The fourth-order valence-electron chi connectivity index (χ4n) is 2.98. The summed E-state index contributed by atoms with van der Waals surface area (Å²) in [6.45, 7) is 0. The van der Waals surface area contributed by atoms with E-state index >= 15 is 0 Å². The minimum absolute atomic E-state index is 0.0902. The van der Waals surface area contributed by atoms with Crippen LogP contribution in [0.25, 0.3) is 33.9 Å². The number of hydrogen-bond acceptors (Lipinski definition) is 3. The van der Waals surface area contributed by atoms with E-state index in [1.807, 2.05) is 0 Å². The van der Waals surface area contributed by atoms with Crippen molar-refractivity contribution in [2.75, 3.05) is 0 Å². The lowest BCUT2D eigenvalue weighted by Gasteiger charge is -2.03. The summed E-state index contributed by atoms with van der Waals surface area (Å²) in [6.07, 6.45) is 0. The first-order valence-electron chi connectivity index (χ1n) is 8.38. The van der Waals surface area contributed by atoms with Crippen LogP contribution < -0.4 is 0 Å². The van der Waals surface area contributed by atoms with Gasteiger partial charge in [-0.2, -0.15) is 0 Å². The predicted octanol–water partition coefficient (Wildman–Crippen LogP) is 5.60. The average molecular weight is 377 g/mol. The van der Waals surface area contributed by atoms with Gasteiger partial charge in [0, 0.05) is 17.2 Å². The van der Waals surface area contributed by atoms with E-state index < -0.39 is 4.92 Å². The molecule has 1 heterocycles. The number of nitro benzene ring substituents is 1. The van der Waals surface area contributed by atoms with Crippen LogP contribution in [0.1, 0.15) is 0 Å². The summed E-state index contributed by atoms with van der Waals surface area (Å²) < 4.78 is 26.7. The van der Waals surface area contributed by atoms with Crippen molar-refractivity contribution in [1.29, 1.82) is 0 Å². The number of aromatic amines is 1. The van der Waals surface area contributed by atoms with Crippen LogP contribution >= 0.6 is 0 Å². The molecule has 0 aliphatic rings. The van der Waals surface area contributed by atoms with Gasteiger partial charge in [-0.3, -0.25) is 10.1 Å². The molecule has 0 amide bonds. The molecule has 0 aliphatic carbocycles. The molecule has 0 bridgehead atoms. The van der Waals surface area contributed by atoms with Gasteiger partial charge in [0.15, 0.2) is 0 Å². The molecule has 0 spiro atoms. The van der Waals surface area contributed by atoms with E-state index in [0.717, 1.165) is 0 Å². The van der Waals surface area contributed by atoms with Gasteiger partial charge in [0.2, 0.25) is 0 Å². The molecule has 0 atom stereocenters. The highest BCUT2D eigenvalue weighted by Gasteiger charge is 2.21. The van der Waals surface area contributed by atoms with Crippen molar-refractivity contribution >= 4 is 5.69 Å². The van der Waals surface area contributed by atoms with Crippen LogP contribution in [-0.2, 0) is 0 Å². The zero-order chi connectivity index (χ0) is 19.7. The molecule has 3 aromatic carbocycles. The molecule has 7 heteroatoms. The Hall–Kier alpha value is -3.87. The molecule has 5 nitrogen and oxygen atoms in total. The zero-order valence-electron chi connectivity index (χ0n) is 14.4. The van der Waals surface area contributed by atoms with E-state index in [9.17, 15) is 18.9 Å². The molecule has 0 saturated carbocycles.